The van der Waals surface area contributed by atoms with E-state index in [1.54, 1.807) is 0 Å². The lowest BCUT2D eigenvalue weighted by Gasteiger charge is -2.26. The average molecular weight is 359 g/mol. The number of benzene rings is 1. The van der Waals surface area contributed by atoms with Crippen LogP contribution in [-0.2, 0) is 6.54 Å². The molecule has 2 aliphatic rings. The fourth-order valence-corrected chi connectivity index (χ4v) is 3.53. The monoisotopic (exact) mass is 358 g/mol. The highest BCUT2D eigenvalue weighted by Gasteiger charge is 2.26. The smallest absolute Gasteiger partial charge is 0.254 e. The number of hydrogen-bond acceptors (Lipinski definition) is 2. The third-order valence-corrected chi connectivity index (χ3v) is 5.34. The summed E-state index contributed by atoms with van der Waals surface area (Å²) in [5, 5.41) is 0. The quantitative estimate of drug-likeness (QED) is 0.697. The molecule has 1 saturated heterocycles. The number of nitrogens with zero attached hydrogens (tertiary/aromatic N) is 2. The molecule has 146 valence electrons. The molecular formula is C23H38N2O. The van der Waals surface area contributed by atoms with Gasteiger partial charge in [0.1, 0.15) is 0 Å². The van der Waals surface area contributed by atoms with Crippen molar-refractivity contribution >= 4 is 5.91 Å². The Hall–Kier alpha value is -1.35. The molecule has 2 aliphatic heterocycles. The Kier molecular flexibility index (Phi) is 8.64. The zero-order valence-corrected chi connectivity index (χ0v) is 17.3. The number of amides is 1. The van der Waals surface area contributed by atoms with E-state index in [1.165, 1.54) is 50.9 Å². The van der Waals surface area contributed by atoms with Crippen LogP contribution in [0.1, 0.15) is 75.7 Å². The standard InChI is InChI=1S/C13H17NO.C10H21N/c1-10(2)7-8-14-9-11-5-3-4-6-12(11)13(14)15;1-10(2)6-9-11-7-4-3-5-8-11/h3-6,10H,7-9H2,1-2H3;10H,3-9H2,1-2H3. The molecule has 26 heavy (non-hydrogen) atoms. The maximum Gasteiger partial charge on any atom is 0.254 e. The van der Waals surface area contributed by atoms with Crippen LogP contribution in [0.3, 0.4) is 0 Å². The van der Waals surface area contributed by atoms with E-state index in [2.05, 4.69) is 32.6 Å². The molecular weight excluding hydrogens is 320 g/mol. The van der Waals surface area contributed by atoms with Crippen LogP contribution in [0.4, 0.5) is 0 Å². The van der Waals surface area contributed by atoms with Gasteiger partial charge in [-0.15, -0.1) is 0 Å². The first-order valence-corrected chi connectivity index (χ1v) is 10.6. The van der Waals surface area contributed by atoms with E-state index < -0.39 is 0 Å². The Morgan fingerprint density at radius 3 is 2.12 bits per heavy atom. The second kappa shape index (κ2) is 10.7. The van der Waals surface area contributed by atoms with Crippen LogP contribution in [0.15, 0.2) is 24.3 Å². The maximum atomic E-state index is 11.9. The molecule has 0 atom stereocenters. The van der Waals surface area contributed by atoms with Gasteiger partial charge in [0.25, 0.3) is 5.91 Å². The van der Waals surface area contributed by atoms with Gasteiger partial charge in [-0.3, -0.25) is 4.79 Å². The number of hydrogen-bond donors (Lipinski definition) is 0. The predicted molar refractivity (Wildman–Crippen MR) is 110 cm³/mol. The van der Waals surface area contributed by atoms with E-state index in [0.717, 1.165) is 31.0 Å². The highest BCUT2D eigenvalue weighted by molar-refractivity contribution is 5.98. The third kappa shape index (κ3) is 6.75. The molecule has 0 aliphatic carbocycles. The summed E-state index contributed by atoms with van der Waals surface area (Å²) in [6, 6.07) is 7.90. The number of carbonyl (C=O) groups is 1. The second-order valence-electron chi connectivity index (χ2n) is 8.65. The van der Waals surface area contributed by atoms with E-state index in [0.29, 0.717) is 5.92 Å². The molecule has 3 heteroatoms. The minimum Gasteiger partial charge on any atom is -0.334 e. The summed E-state index contributed by atoms with van der Waals surface area (Å²) in [5.74, 6) is 1.73. The van der Waals surface area contributed by atoms with Crippen LogP contribution in [0, 0.1) is 11.8 Å². The van der Waals surface area contributed by atoms with E-state index in [4.69, 9.17) is 0 Å². The van der Waals surface area contributed by atoms with Gasteiger partial charge in [0.05, 0.1) is 0 Å². The molecule has 2 heterocycles. The Morgan fingerprint density at radius 1 is 0.885 bits per heavy atom. The maximum absolute atomic E-state index is 11.9. The number of carbonyl (C=O) groups excluding carboxylic acids is 1. The van der Waals surface area contributed by atoms with E-state index in [-0.39, 0.29) is 5.91 Å². The molecule has 3 rings (SSSR count). The highest BCUT2D eigenvalue weighted by atomic mass is 16.2. The largest absolute Gasteiger partial charge is 0.334 e. The summed E-state index contributed by atoms with van der Waals surface area (Å²) in [7, 11) is 0. The van der Waals surface area contributed by atoms with E-state index in [1.807, 2.05) is 29.2 Å². The molecule has 1 fully saturated rings. The molecule has 0 spiro atoms. The van der Waals surface area contributed by atoms with Crippen molar-refractivity contribution in [2.75, 3.05) is 26.2 Å². The molecule has 1 aromatic carbocycles. The minimum absolute atomic E-state index is 0.200. The van der Waals surface area contributed by atoms with Gasteiger partial charge in [-0.2, -0.15) is 0 Å². The highest BCUT2D eigenvalue weighted by Crippen LogP contribution is 2.22. The lowest BCUT2D eigenvalue weighted by atomic mass is 10.1. The summed E-state index contributed by atoms with van der Waals surface area (Å²) in [6.07, 6.45) is 6.77. The molecule has 0 unspecified atom stereocenters. The van der Waals surface area contributed by atoms with Crippen LogP contribution in [-0.4, -0.2) is 41.9 Å². The van der Waals surface area contributed by atoms with Gasteiger partial charge in [0.15, 0.2) is 0 Å². The van der Waals surface area contributed by atoms with Gasteiger partial charge < -0.3 is 9.80 Å². The Balaban J connectivity index is 0.000000197. The topological polar surface area (TPSA) is 23.6 Å². The van der Waals surface area contributed by atoms with Crippen LogP contribution in [0.5, 0.6) is 0 Å². The van der Waals surface area contributed by atoms with Gasteiger partial charge in [-0.25, -0.2) is 0 Å². The Bertz CT molecular complexity index is 547. The zero-order valence-electron chi connectivity index (χ0n) is 17.3. The first kappa shape index (κ1) is 21.0. The van der Waals surface area contributed by atoms with Crippen molar-refractivity contribution in [1.29, 1.82) is 0 Å². The van der Waals surface area contributed by atoms with Gasteiger partial charge in [0, 0.05) is 18.7 Å². The number of rotatable bonds is 6. The van der Waals surface area contributed by atoms with Gasteiger partial charge in [0.2, 0.25) is 0 Å². The van der Waals surface area contributed by atoms with Crippen molar-refractivity contribution in [3.05, 3.63) is 35.4 Å². The average Bonchev–Trinajstić information content (AvgIpc) is 2.96. The fourth-order valence-electron chi connectivity index (χ4n) is 3.53. The predicted octanol–water partition coefficient (Wildman–Crippen LogP) is 5.21. The molecule has 0 radical (unpaired) electrons. The summed E-state index contributed by atoms with van der Waals surface area (Å²) in [4.78, 5) is 16.5. The molecule has 0 saturated carbocycles. The summed E-state index contributed by atoms with van der Waals surface area (Å²) < 4.78 is 0. The summed E-state index contributed by atoms with van der Waals surface area (Å²) in [6.45, 7) is 14.7. The minimum atomic E-state index is 0.200. The van der Waals surface area contributed by atoms with Crippen LogP contribution in [0.2, 0.25) is 0 Å². The van der Waals surface area contributed by atoms with Crippen molar-refractivity contribution in [3.63, 3.8) is 0 Å². The van der Waals surface area contributed by atoms with Crippen LogP contribution >= 0.6 is 0 Å². The van der Waals surface area contributed by atoms with Crippen molar-refractivity contribution in [2.24, 2.45) is 11.8 Å². The summed E-state index contributed by atoms with van der Waals surface area (Å²) in [5.41, 5.74) is 2.06. The molecule has 0 bridgehead atoms. The van der Waals surface area contributed by atoms with Crippen molar-refractivity contribution in [1.82, 2.24) is 9.80 Å². The third-order valence-electron chi connectivity index (χ3n) is 5.34. The van der Waals surface area contributed by atoms with Gasteiger partial charge >= 0.3 is 0 Å². The SMILES string of the molecule is CC(C)CCN1CCCCC1.CC(C)CCN1Cc2ccccc2C1=O. The fraction of sp³-hybridized carbons (Fsp3) is 0.696. The first-order chi connectivity index (χ1) is 12.5. The van der Waals surface area contributed by atoms with E-state index in [9.17, 15) is 4.79 Å². The molecule has 0 aromatic heterocycles. The van der Waals surface area contributed by atoms with Crippen molar-refractivity contribution < 1.29 is 4.79 Å². The zero-order chi connectivity index (χ0) is 18.9. The van der Waals surface area contributed by atoms with Crippen molar-refractivity contribution in [2.45, 2.75) is 66.3 Å². The Morgan fingerprint density at radius 2 is 1.50 bits per heavy atom. The number of likely N-dealkylation sites (tertiary alicyclic amines) is 1. The molecule has 1 aromatic rings. The molecule has 1 amide bonds. The van der Waals surface area contributed by atoms with Crippen LogP contribution < -0.4 is 0 Å². The van der Waals surface area contributed by atoms with Crippen molar-refractivity contribution in [3.8, 4) is 0 Å². The van der Waals surface area contributed by atoms with Gasteiger partial charge in [-0.1, -0.05) is 52.3 Å². The number of piperidine rings is 1. The second-order valence-corrected chi connectivity index (χ2v) is 8.65. The van der Waals surface area contributed by atoms with E-state index >= 15 is 0 Å². The van der Waals surface area contributed by atoms with Crippen LogP contribution in [0.25, 0.3) is 0 Å². The number of fused-ring (bicyclic) bond motifs is 1. The van der Waals surface area contributed by atoms with Gasteiger partial charge in [-0.05, 0) is 68.8 Å². The molecule has 3 nitrogen and oxygen atoms in total. The molecule has 0 N–H and O–H groups in total. The lowest BCUT2D eigenvalue weighted by Crippen LogP contribution is -2.31. The lowest BCUT2D eigenvalue weighted by molar-refractivity contribution is 0.0771. The summed E-state index contributed by atoms with van der Waals surface area (Å²) >= 11 is 0. The normalized spacial score (nSPS) is 17.5. The first-order valence-electron chi connectivity index (χ1n) is 10.6. The Labute approximate surface area is 160 Å².